The Balaban J connectivity index is 1.86. The molecular weight excluding hydrogens is 170 g/mol. The topological polar surface area (TPSA) is 61.4 Å². The predicted molar refractivity (Wildman–Crippen MR) is 44.0 cm³/mol. The van der Waals surface area contributed by atoms with Crippen molar-refractivity contribution in [2.75, 3.05) is 13.1 Å². The maximum atomic E-state index is 11.7. The molecule has 0 radical (unpaired) electrons. The first-order valence-electron chi connectivity index (χ1n) is 4.59. The molecule has 1 aliphatic carbocycles. The maximum Gasteiger partial charge on any atom is 0.325 e. The van der Waals surface area contributed by atoms with Crippen LogP contribution in [0.1, 0.15) is 12.8 Å². The van der Waals surface area contributed by atoms with Crippen molar-refractivity contribution in [1.29, 1.82) is 0 Å². The van der Waals surface area contributed by atoms with Crippen LogP contribution in [0.15, 0.2) is 0 Å². The molecular formula is C8H11N3O2. The molecule has 5 heteroatoms. The van der Waals surface area contributed by atoms with Crippen LogP contribution in [0.2, 0.25) is 0 Å². The Labute approximate surface area is 75.5 Å². The van der Waals surface area contributed by atoms with Gasteiger partial charge in [-0.1, -0.05) is 0 Å². The van der Waals surface area contributed by atoms with Crippen molar-refractivity contribution in [3.63, 3.8) is 0 Å². The van der Waals surface area contributed by atoms with Gasteiger partial charge in [-0.3, -0.25) is 9.69 Å². The fourth-order valence-electron chi connectivity index (χ4n) is 1.89. The van der Waals surface area contributed by atoms with E-state index in [1.54, 1.807) is 0 Å². The lowest BCUT2D eigenvalue weighted by Gasteiger charge is -2.33. The Bertz CT molecular complexity index is 294. The van der Waals surface area contributed by atoms with Crippen molar-refractivity contribution in [2.45, 2.75) is 24.4 Å². The minimum Gasteiger partial charge on any atom is -0.323 e. The number of hydrogen-bond acceptors (Lipinski definition) is 3. The third-order valence-corrected chi connectivity index (χ3v) is 3.07. The molecule has 0 aromatic carbocycles. The monoisotopic (exact) mass is 181 g/mol. The van der Waals surface area contributed by atoms with Gasteiger partial charge in [-0.15, -0.1) is 0 Å². The van der Waals surface area contributed by atoms with Crippen molar-refractivity contribution >= 4 is 11.9 Å². The van der Waals surface area contributed by atoms with Crippen LogP contribution < -0.4 is 10.6 Å². The zero-order valence-corrected chi connectivity index (χ0v) is 7.17. The molecule has 0 aromatic rings. The molecule has 3 fully saturated rings. The van der Waals surface area contributed by atoms with E-state index in [1.165, 1.54) is 4.90 Å². The summed E-state index contributed by atoms with van der Waals surface area (Å²) < 4.78 is 0. The third-order valence-electron chi connectivity index (χ3n) is 3.07. The van der Waals surface area contributed by atoms with Gasteiger partial charge in [-0.2, -0.15) is 0 Å². The third kappa shape index (κ3) is 0.798. The van der Waals surface area contributed by atoms with Gasteiger partial charge in [0.15, 0.2) is 0 Å². The predicted octanol–water partition coefficient (Wildman–Crippen LogP) is -0.957. The van der Waals surface area contributed by atoms with Crippen LogP contribution in [-0.2, 0) is 4.79 Å². The SMILES string of the molecule is O=C1NC2(CC2)C(=O)N1C1CNC1. The first-order valence-corrected chi connectivity index (χ1v) is 4.59. The molecule has 2 N–H and O–H groups in total. The number of nitrogens with one attached hydrogen (secondary N) is 2. The number of rotatable bonds is 1. The molecule has 0 unspecified atom stereocenters. The van der Waals surface area contributed by atoms with Gasteiger partial charge in [-0.05, 0) is 12.8 Å². The average molecular weight is 181 g/mol. The van der Waals surface area contributed by atoms with Crippen molar-refractivity contribution in [3.05, 3.63) is 0 Å². The lowest BCUT2D eigenvalue weighted by molar-refractivity contribution is -0.130. The molecule has 0 aromatic heterocycles. The van der Waals surface area contributed by atoms with E-state index < -0.39 is 5.54 Å². The van der Waals surface area contributed by atoms with Crippen LogP contribution in [0.3, 0.4) is 0 Å². The van der Waals surface area contributed by atoms with E-state index in [4.69, 9.17) is 0 Å². The summed E-state index contributed by atoms with van der Waals surface area (Å²) >= 11 is 0. The number of hydrogen-bond donors (Lipinski definition) is 2. The molecule has 0 atom stereocenters. The fourth-order valence-corrected chi connectivity index (χ4v) is 1.89. The number of carbonyl (C=O) groups excluding carboxylic acids is 2. The van der Waals surface area contributed by atoms with E-state index in [2.05, 4.69) is 10.6 Å². The molecule has 3 amide bonds. The molecule has 13 heavy (non-hydrogen) atoms. The van der Waals surface area contributed by atoms with E-state index in [9.17, 15) is 9.59 Å². The smallest absolute Gasteiger partial charge is 0.323 e. The summed E-state index contributed by atoms with van der Waals surface area (Å²) in [5.41, 5.74) is -0.479. The summed E-state index contributed by atoms with van der Waals surface area (Å²) in [6.07, 6.45) is 1.63. The number of nitrogens with zero attached hydrogens (tertiary/aromatic N) is 1. The summed E-state index contributed by atoms with van der Waals surface area (Å²) in [7, 11) is 0. The van der Waals surface area contributed by atoms with Gasteiger partial charge in [0.25, 0.3) is 5.91 Å². The Morgan fingerprint density at radius 3 is 2.38 bits per heavy atom. The Morgan fingerprint density at radius 1 is 1.31 bits per heavy atom. The minimum absolute atomic E-state index is 0.0102. The number of urea groups is 1. The van der Waals surface area contributed by atoms with Gasteiger partial charge < -0.3 is 10.6 Å². The van der Waals surface area contributed by atoms with Crippen LogP contribution in [0.25, 0.3) is 0 Å². The van der Waals surface area contributed by atoms with Crippen LogP contribution in [0, 0.1) is 0 Å². The lowest BCUT2D eigenvalue weighted by atomic mass is 10.1. The van der Waals surface area contributed by atoms with E-state index >= 15 is 0 Å². The summed E-state index contributed by atoms with van der Waals surface area (Å²) in [6, 6.07) is -0.110. The molecule has 3 rings (SSSR count). The molecule has 3 aliphatic rings. The molecule has 2 heterocycles. The van der Waals surface area contributed by atoms with Crippen molar-refractivity contribution in [1.82, 2.24) is 15.5 Å². The number of carbonyl (C=O) groups is 2. The Kier molecular flexibility index (Phi) is 1.15. The van der Waals surface area contributed by atoms with E-state index in [1.807, 2.05) is 0 Å². The minimum atomic E-state index is -0.479. The summed E-state index contributed by atoms with van der Waals surface area (Å²) in [5.74, 6) is -0.0102. The van der Waals surface area contributed by atoms with Crippen molar-refractivity contribution in [3.8, 4) is 0 Å². The van der Waals surface area contributed by atoms with Gasteiger partial charge in [-0.25, -0.2) is 4.79 Å². The number of amides is 3. The molecule has 2 saturated heterocycles. The quantitative estimate of drug-likeness (QED) is 0.512. The highest BCUT2D eigenvalue weighted by Crippen LogP contribution is 2.41. The van der Waals surface area contributed by atoms with E-state index in [0.717, 1.165) is 25.9 Å². The second-order valence-electron chi connectivity index (χ2n) is 4.00. The molecule has 1 saturated carbocycles. The second-order valence-corrected chi connectivity index (χ2v) is 4.00. The largest absolute Gasteiger partial charge is 0.325 e. The summed E-state index contributed by atoms with van der Waals surface area (Å²) in [5, 5.41) is 5.82. The highest BCUT2D eigenvalue weighted by Gasteiger charge is 2.61. The van der Waals surface area contributed by atoms with Crippen molar-refractivity contribution in [2.24, 2.45) is 0 Å². The Morgan fingerprint density at radius 2 is 2.00 bits per heavy atom. The van der Waals surface area contributed by atoms with Gasteiger partial charge >= 0.3 is 6.03 Å². The van der Waals surface area contributed by atoms with Gasteiger partial charge in [0.1, 0.15) is 5.54 Å². The zero-order chi connectivity index (χ0) is 9.05. The second kappa shape index (κ2) is 2.04. The summed E-state index contributed by atoms with van der Waals surface area (Å²) in [4.78, 5) is 24.6. The number of imide groups is 1. The molecule has 5 nitrogen and oxygen atoms in total. The highest BCUT2D eigenvalue weighted by molar-refractivity contribution is 6.09. The van der Waals surface area contributed by atoms with E-state index in [0.29, 0.717) is 0 Å². The van der Waals surface area contributed by atoms with Gasteiger partial charge in [0.2, 0.25) is 0 Å². The van der Waals surface area contributed by atoms with Crippen molar-refractivity contribution < 1.29 is 9.59 Å². The molecule has 1 spiro atoms. The van der Waals surface area contributed by atoms with Gasteiger partial charge in [0, 0.05) is 13.1 Å². The van der Waals surface area contributed by atoms with Crippen LogP contribution in [0.4, 0.5) is 4.79 Å². The lowest BCUT2D eigenvalue weighted by Crippen LogP contribution is -2.59. The van der Waals surface area contributed by atoms with Gasteiger partial charge in [0.05, 0.1) is 6.04 Å². The normalized spacial score (nSPS) is 30.6. The van der Waals surface area contributed by atoms with E-state index in [-0.39, 0.29) is 18.0 Å². The molecule has 70 valence electrons. The average Bonchev–Trinajstić information content (AvgIpc) is 2.71. The Hall–Kier alpha value is -1.10. The fraction of sp³-hybridized carbons (Fsp3) is 0.750. The first kappa shape index (κ1) is 7.32. The van der Waals surface area contributed by atoms with Crippen LogP contribution >= 0.6 is 0 Å². The van der Waals surface area contributed by atoms with Crippen LogP contribution in [0.5, 0.6) is 0 Å². The van der Waals surface area contributed by atoms with Crippen LogP contribution in [-0.4, -0.2) is 41.5 Å². The maximum absolute atomic E-state index is 11.7. The molecule has 2 aliphatic heterocycles. The molecule has 0 bridgehead atoms. The standard InChI is InChI=1S/C8H11N3O2/c12-6-8(1-2-8)10-7(13)11(6)5-3-9-4-5/h5,9H,1-4H2,(H,10,13). The highest BCUT2D eigenvalue weighted by atomic mass is 16.2. The zero-order valence-electron chi connectivity index (χ0n) is 7.17. The first-order chi connectivity index (χ1) is 6.23. The summed E-state index contributed by atoms with van der Waals surface area (Å²) in [6.45, 7) is 1.49.